The highest BCUT2D eigenvalue weighted by molar-refractivity contribution is 5.87. The number of likely N-dealkylation sites (tertiary alicyclic amines) is 1. The van der Waals surface area contributed by atoms with E-state index in [1.54, 1.807) is 12.1 Å². The molecule has 3 nitrogen and oxygen atoms in total. The number of amides is 1. The van der Waals surface area contributed by atoms with Crippen molar-refractivity contribution in [2.45, 2.75) is 25.7 Å². The van der Waals surface area contributed by atoms with Crippen molar-refractivity contribution in [3.8, 4) is 0 Å². The first kappa shape index (κ1) is 14.0. The van der Waals surface area contributed by atoms with Crippen LogP contribution in [0.4, 0.5) is 4.39 Å². The van der Waals surface area contributed by atoms with Crippen LogP contribution in [0.2, 0.25) is 0 Å². The predicted molar refractivity (Wildman–Crippen MR) is 73.2 cm³/mol. The molecule has 1 aliphatic rings. The third-order valence-electron chi connectivity index (χ3n) is 4.01. The third kappa shape index (κ3) is 2.78. The van der Waals surface area contributed by atoms with Gasteiger partial charge in [0.25, 0.3) is 0 Å². The van der Waals surface area contributed by atoms with Gasteiger partial charge < -0.3 is 10.6 Å². The Kier molecular flexibility index (Phi) is 3.90. The van der Waals surface area contributed by atoms with Crippen LogP contribution in [-0.4, -0.2) is 30.4 Å². The summed E-state index contributed by atoms with van der Waals surface area (Å²) in [5, 5.41) is 0. The Labute approximate surface area is 113 Å². The van der Waals surface area contributed by atoms with E-state index in [4.69, 9.17) is 5.73 Å². The van der Waals surface area contributed by atoms with Crippen LogP contribution >= 0.6 is 0 Å². The van der Waals surface area contributed by atoms with Gasteiger partial charge in [-0.05, 0) is 50.4 Å². The molecule has 0 bridgehead atoms. The van der Waals surface area contributed by atoms with Crippen molar-refractivity contribution < 1.29 is 9.18 Å². The summed E-state index contributed by atoms with van der Waals surface area (Å²) in [4.78, 5) is 14.5. The smallest absolute Gasteiger partial charge is 0.232 e. The van der Waals surface area contributed by atoms with E-state index in [0.29, 0.717) is 12.5 Å². The number of nitrogens with zero attached hydrogens (tertiary/aromatic N) is 1. The molecule has 1 unspecified atom stereocenters. The molecule has 1 aliphatic heterocycles. The molecule has 1 fully saturated rings. The fraction of sp³-hybridized carbons (Fsp3) is 0.533. The summed E-state index contributed by atoms with van der Waals surface area (Å²) in [5.41, 5.74) is 5.87. The first-order valence-corrected chi connectivity index (χ1v) is 6.70. The molecule has 1 aromatic rings. The van der Waals surface area contributed by atoms with Crippen LogP contribution < -0.4 is 5.73 Å². The first-order chi connectivity index (χ1) is 8.95. The maximum absolute atomic E-state index is 13.0. The summed E-state index contributed by atoms with van der Waals surface area (Å²) in [6.45, 7) is 5.91. The third-order valence-corrected chi connectivity index (χ3v) is 4.01. The molecular formula is C15H21FN2O. The molecule has 19 heavy (non-hydrogen) atoms. The Balaban J connectivity index is 2.15. The topological polar surface area (TPSA) is 46.3 Å². The van der Waals surface area contributed by atoms with E-state index < -0.39 is 5.41 Å². The molecule has 104 valence electrons. The van der Waals surface area contributed by atoms with Gasteiger partial charge in [-0.1, -0.05) is 12.1 Å². The molecule has 0 spiro atoms. The van der Waals surface area contributed by atoms with Crippen LogP contribution in [0.1, 0.15) is 25.8 Å². The van der Waals surface area contributed by atoms with Gasteiger partial charge in [0.05, 0.1) is 5.41 Å². The van der Waals surface area contributed by atoms with Crippen molar-refractivity contribution >= 4 is 5.91 Å². The van der Waals surface area contributed by atoms with Gasteiger partial charge in [-0.25, -0.2) is 4.39 Å². The average molecular weight is 264 g/mol. The molecule has 1 amide bonds. The lowest BCUT2D eigenvalue weighted by atomic mass is 9.83. The quantitative estimate of drug-likeness (QED) is 0.906. The molecule has 1 saturated heterocycles. The summed E-state index contributed by atoms with van der Waals surface area (Å²) in [6, 6.07) is 6.17. The number of hydrogen-bond acceptors (Lipinski definition) is 2. The number of halogens is 1. The molecule has 2 rings (SSSR count). The first-order valence-electron chi connectivity index (χ1n) is 6.70. The van der Waals surface area contributed by atoms with Gasteiger partial charge in [0, 0.05) is 13.1 Å². The minimum atomic E-state index is -0.628. The van der Waals surface area contributed by atoms with Gasteiger partial charge in [-0.3, -0.25) is 4.79 Å². The van der Waals surface area contributed by atoms with E-state index in [1.165, 1.54) is 12.1 Å². The minimum Gasteiger partial charge on any atom is -0.342 e. The minimum absolute atomic E-state index is 0.0926. The zero-order valence-corrected chi connectivity index (χ0v) is 11.5. The second-order valence-corrected chi connectivity index (χ2v) is 5.77. The highest BCUT2D eigenvalue weighted by Crippen LogP contribution is 2.28. The normalized spacial score (nSPS) is 19.8. The lowest BCUT2D eigenvalue weighted by Crippen LogP contribution is -2.42. The molecule has 0 saturated carbocycles. The Morgan fingerprint density at radius 1 is 1.42 bits per heavy atom. The summed E-state index contributed by atoms with van der Waals surface area (Å²) in [7, 11) is 0. The van der Waals surface area contributed by atoms with Gasteiger partial charge in [0.1, 0.15) is 5.82 Å². The van der Waals surface area contributed by atoms with Crippen molar-refractivity contribution in [3.05, 3.63) is 35.6 Å². The van der Waals surface area contributed by atoms with Crippen LogP contribution in [0.3, 0.4) is 0 Å². The SMILES string of the molecule is CC(C)(C(=O)N1CCC(CN)C1)c1ccc(F)cc1. The van der Waals surface area contributed by atoms with Gasteiger partial charge in [-0.2, -0.15) is 0 Å². The largest absolute Gasteiger partial charge is 0.342 e. The van der Waals surface area contributed by atoms with Crippen molar-refractivity contribution in [1.82, 2.24) is 4.90 Å². The van der Waals surface area contributed by atoms with Crippen molar-refractivity contribution in [2.75, 3.05) is 19.6 Å². The zero-order chi connectivity index (χ0) is 14.0. The Morgan fingerprint density at radius 2 is 2.05 bits per heavy atom. The second kappa shape index (κ2) is 5.29. The lowest BCUT2D eigenvalue weighted by molar-refractivity contribution is -0.135. The average Bonchev–Trinajstić information content (AvgIpc) is 2.87. The molecule has 4 heteroatoms. The lowest BCUT2D eigenvalue weighted by Gasteiger charge is -2.29. The summed E-state index contributed by atoms with van der Waals surface area (Å²) < 4.78 is 13.0. The summed E-state index contributed by atoms with van der Waals surface area (Å²) >= 11 is 0. The van der Waals surface area contributed by atoms with Gasteiger partial charge in [-0.15, -0.1) is 0 Å². The van der Waals surface area contributed by atoms with Crippen molar-refractivity contribution in [1.29, 1.82) is 0 Å². The van der Waals surface area contributed by atoms with Crippen molar-refractivity contribution in [2.24, 2.45) is 11.7 Å². The van der Waals surface area contributed by atoms with Gasteiger partial charge in [0.2, 0.25) is 5.91 Å². The van der Waals surface area contributed by atoms with Gasteiger partial charge >= 0.3 is 0 Å². The number of nitrogens with two attached hydrogens (primary N) is 1. The van der Waals surface area contributed by atoms with E-state index in [9.17, 15) is 9.18 Å². The van der Waals surface area contributed by atoms with Crippen LogP contribution in [0.25, 0.3) is 0 Å². The highest BCUT2D eigenvalue weighted by Gasteiger charge is 2.36. The molecule has 0 aliphatic carbocycles. The summed E-state index contributed by atoms with van der Waals surface area (Å²) in [5.74, 6) is 0.222. The van der Waals surface area contributed by atoms with Crippen LogP contribution in [0.5, 0.6) is 0 Å². The van der Waals surface area contributed by atoms with Crippen molar-refractivity contribution in [3.63, 3.8) is 0 Å². The van der Waals surface area contributed by atoms with Gasteiger partial charge in [0.15, 0.2) is 0 Å². The van der Waals surface area contributed by atoms with Crippen LogP contribution in [0, 0.1) is 11.7 Å². The number of carbonyl (C=O) groups excluding carboxylic acids is 1. The van der Waals surface area contributed by atoms with Crippen LogP contribution in [0.15, 0.2) is 24.3 Å². The Bertz CT molecular complexity index is 456. The Hall–Kier alpha value is -1.42. The maximum atomic E-state index is 13.0. The highest BCUT2D eigenvalue weighted by atomic mass is 19.1. The van der Waals surface area contributed by atoms with E-state index >= 15 is 0 Å². The van der Waals surface area contributed by atoms with E-state index in [0.717, 1.165) is 25.1 Å². The molecule has 0 aromatic heterocycles. The fourth-order valence-corrected chi connectivity index (χ4v) is 2.59. The number of benzene rings is 1. The number of hydrogen-bond donors (Lipinski definition) is 1. The molecule has 0 radical (unpaired) electrons. The fourth-order valence-electron chi connectivity index (χ4n) is 2.59. The van der Waals surface area contributed by atoms with E-state index in [1.807, 2.05) is 18.7 Å². The monoisotopic (exact) mass is 264 g/mol. The van der Waals surface area contributed by atoms with E-state index in [-0.39, 0.29) is 11.7 Å². The van der Waals surface area contributed by atoms with Crippen LogP contribution in [-0.2, 0) is 10.2 Å². The molecule has 1 heterocycles. The standard InChI is InChI=1S/C15H21FN2O/c1-15(2,12-3-5-13(16)6-4-12)14(19)18-8-7-11(9-17)10-18/h3-6,11H,7-10,17H2,1-2H3. The molecular weight excluding hydrogens is 243 g/mol. The molecule has 2 N–H and O–H groups in total. The number of carbonyl (C=O) groups is 1. The molecule has 1 aromatic carbocycles. The molecule has 1 atom stereocenters. The number of rotatable bonds is 3. The Morgan fingerprint density at radius 3 is 2.58 bits per heavy atom. The zero-order valence-electron chi connectivity index (χ0n) is 11.5. The summed E-state index contributed by atoms with van der Waals surface area (Å²) in [6.07, 6.45) is 0.974. The van der Waals surface area contributed by atoms with E-state index in [2.05, 4.69) is 0 Å². The predicted octanol–water partition coefficient (Wildman–Crippen LogP) is 1.91. The maximum Gasteiger partial charge on any atom is 0.232 e. The second-order valence-electron chi connectivity index (χ2n) is 5.77.